The molecule has 0 saturated heterocycles. The Kier molecular flexibility index (Phi) is 2.14. The summed E-state index contributed by atoms with van der Waals surface area (Å²) < 4.78 is 5.42. The Hall–Kier alpha value is -1.18. The summed E-state index contributed by atoms with van der Waals surface area (Å²) in [6.45, 7) is 7.54. The average Bonchev–Trinajstić information content (AvgIpc) is 2.48. The molecule has 2 rings (SSSR count). The summed E-state index contributed by atoms with van der Waals surface area (Å²) >= 11 is 0. The van der Waals surface area contributed by atoms with Crippen LogP contribution in [0.25, 0.3) is 0 Å². The zero-order valence-corrected chi connectivity index (χ0v) is 9.27. The summed E-state index contributed by atoms with van der Waals surface area (Å²) in [7, 11) is 1.74. The third kappa shape index (κ3) is 1.17. The standard InChI is InChI=1S/C12H17NO/c1-7-5-10-11(8(2)6-13-10)9(3)12(7)14-4/h5,8,13H,6H2,1-4H3. The number of rotatable bonds is 1. The Morgan fingerprint density at radius 1 is 1.43 bits per heavy atom. The van der Waals surface area contributed by atoms with Gasteiger partial charge in [-0.15, -0.1) is 0 Å². The highest BCUT2D eigenvalue weighted by atomic mass is 16.5. The molecule has 1 heterocycles. The van der Waals surface area contributed by atoms with Crippen LogP contribution in [-0.4, -0.2) is 13.7 Å². The predicted octanol–water partition coefficient (Wildman–Crippen LogP) is 2.84. The van der Waals surface area contributed by atoms with Crippen LogP contribution < -0.4 is 10.1 Å². The lowest BCUT2D eigenvalue weighted by atomic mass is 9.95. The molecule has 0 aromatic heterocycles. The smallest absolute Gasteiger partial charge is 0.125 e. The van der Waals surface area contributed by atoms with E-state index in [2.05, 4.69) is 32.2 Å². The Labute approximate surface area is 85.3 Å². The van der Waals surface area contributed by atoms with E-state index in [0.29, 0.717) is 5.92 Å². The van der Waals surface area contributed by atoms with E-state index in [-0.39, 0.29) is 0 Å². The van der Waals surface area contributed by atoms with Crippen LogP contribution in [0.4, 0.5) is 5.69 Å². The van der Waals surface area contributed by atoms with Crippen molar-refractivity contribution in [2.24, 2.45) is 0 Å². The van der Waals surface area contributed by atoms with Gasteiger partial charge in [0.1, 0.15) is 5.75 Å². The van der Waals surface area contributed by atoms with Crippen LogP contribution in [0, 0.1) is 13.8 Å². The van der Waals surface area contributed by atoms with E-state index in [1.54, 1.807) is 7.11 Å². The predicted molar refractivity (Wildman–Crippen MR) is 59.4 cm³/mol. The van der Waals surface area contributed by atoms with Gasteiger partial charge >= 0.3 is 0 Å². The highest BCUT2D eigenvalue weighted by Crippen LogP contribution is 2.39. The van der Waals surface area contributed by atoms with E-state index in [4.69, 9.17) is 4.74 Å². The van der Waals surface area contributed by atoms with E-state index in [1.165, 1.54) is 22.4 Å². The van der Waals surface area contributed by atoms with Crippen LogP contribution >= 0.6 is 0 Å². The minimum absolute atomic E-state index is 0.597. The Morgan fingerprint density at radius 3 is 2.79 bits per heavy atom. The molecule has 1 aliphatic rings. The lowest BCUT2D eigenvalue weighted by Gasteiger charge is -2.14. The highest BCUT2D eigenvalue weighted by Gasteiger charge is 2.23. The van der Waals surface area contributed by atoms with Gasteiger partial charge in [-0.1, -0.05) is 6.92 Å². The fraction of sp³-hybridized carbons (Fsp3) is 0.500. The van der Waals surface area contributed by atoms with Gasteiger partial charge in [0.25, 0.3) is 0 Å². The number of benzene rings is 1. The third-order valence-electron chi connectivity index (χ3n) is 3.05. The lowest BCUT2D eigenvalue weighted by Crippen LogP contribution is -1.98. The molecule has 0 fully saturated rings. The summed E-state index contributed by atoms with van der Waals surface area (Å²) in [6, 6.07) is 2.19. The number of hydrogen-bond donors (Lipinski definition) is 1. The molecule has 2 nitrogen and oxygen atoms in total. The highest BCUT2D eigenvalue weighted by molar-refractivity contribution is 5.66. The van der Waals surface area contributed by atoms with Crippen molar-refractivity contribution in [2.45, 2.75) is 26.7 Å². The molecule has 0 aliphatic carbocycles. The SMILES string of the molecule is COc1c(C)cc2c(c1C)C(C)CN2. The van der Waals surface area contributed by atoms with Crippen molar-refractivity contribution in [2.75, 3.05) is 19.0 Å². The van der Waals surface area contributed by atoms with Crippen molar-refractivity contribution in [3.8, 4) is 5.75 Å². The van der Waals surface area contributed by atoms with Crippen LogP contribution in [0.3, 0.4) is 0 Å². The molecule has 14 heavy (non-hydrogen) atoms. The number of methoxy groups -OCH3 is 1. The van der Waals surface area contributed by atoms with E-state index in [1.807, 2.05) is 0 Å². The van der Waals surface area contributed by atoms with E-state index < -0.39 is 0 Å². The quantitative estimate of drug-likeness (QED) is 0.737. The molecule has 1 atom stereocenters. The molecule has 1 unspecified atom stereocenters. The Bertz CT molecular complexity index is 371. The molecule has 0 amide bonds. The second-order valence-electron chi connectivity index (χ2n) is 4.09. The van der Waals surface area contributed by atoms with Crippen LogP contribution in [0.5, 0.6) is 5.75 Å². The molecular formula is C12H17NO. The van der Waals surface area contributed by atoms with Crippen molar-refractivity contribution >= 4 is 5.69 Å². The first-order valence-electron chi connectivity index (χ1n) is 5.07. The molecular weight excluding hydrogens is 174 g/mol. The van der Waals surface area contributed by atoms with Crippen molar-refractivity contribution < 1.29 is 4.74 Å². The van der Waals surface area contributed by atoms with E-state index >= 15 is 0 Å². The largest absolute Gasteiger partial charge is 0.496 e. The van der Waals surface area contributed by atoms with Gasteiger partial charge in [-0.25, -0.2) is 0 Å². The molecule has 1 N–H and O–H groups in total. The molecule has 0 radical (unpaired) electrons. The van der Waals surface area contributed by atoms with Crippen LogP contribution in [0.2, 0.25) is 0 Å². The number of nitrogens with one attached hydrogen (secondary N) is 1. The number of anilines is 1. The maximum Gasteiger partial charge on any atom is 0.125 e. The van der Waals surface area contributed by atoms with Gasteiger partial charge in [0.15, 0.2) is 0 Å². The number of fused-ring (bicyclic) bond motifs is 1. The first-order chi connectivity index (χ1) is 6.65. The maximum atomic E-state index is 5.42. The minimum atomic E-state index is 0.597. The van der Waals surface area contributed by atoms with Gasteiger partial charge in [-0.05, 0) is 36.6 Å². The topological polar surface area (TPSA) is 21.3 Å². The van der Waals surface area contributed by atoms with Gasteiger partial charge in [0.05, 0.1) is 7.11 Å². The normalized spacial score (nSPS) is 19.0. The van der Waals surface area contributed by atoms with Crippen LogP contribution in [0.1, 0.15) is 29.5 Å². The molecule has 0 spiro atoms. The van der Waals surface area contributed by atoms with Gasteiger partial charge < -0.3 is 10.1 Å². The Balaban J connectivity index is 2.64. The van der Waals surface area contributed by atoms with Crippen LogP contribution in [-0.2, 0) is 0 Å². The number of hydrogen-bond acceptors (Lipinski definition) is 2. The van der Waals surface area contributed by atoms with E-state index in [9.17, 15) is 0 Å². The first kappa shape index (κ1) is 9.38. The zero-order chi connectivity index (χ0) is 10.3. The van der Waals surface area contributed by atoms with E-state index in [0.717, 1.165) is 12.3 Å². The van der Waals surface area contributed by atoms with Gasteiger partial charge in [-0.2, -0.15) is 0 Å². The summed E-state index contributed by atoms with van der Waals surface area (Å²) in [6.07, 6.45) is 0. The average molecular weight is 191 g/mol. The summed E-state index contributed by atoms with van der Waals surface area (Å²) in [5, 5.41) is 3.43. The summed E-state index contributed by atoms with van der Waals surface area (Å²) in [5.41, 5.74) is 5.21. The summed E-state index contributed by atoms with van der Waals surface area (Å²) in [4.78, 5) is 0. The fourth-order valence-electron chi connectivity index (χ4n) is 2.44. The Morgan fingerprint density at radius 2 is 2.14 bits per heavy atom. The molecule has 0 saturated carbocycles. The maximum absolute atomic E-state index is 5.42. The zero-order valence-electron chi connectivity index (χ0n) is 9.27. The van der Waals surface area contributed by atoms with Gasteiger partial charge in [0, 0.05) is 18.2 Å². The first-order valence-corrected chi connectivity index (χ1v) is 5.07. The molecule has 1 aromatic carbocycles. The summed E-state index contributed by atoms with van der Waals surface area (Å²) in [5.74, 6) is 1.64. The molecule has 1 aromatic rings. The second-order valence-corrected chi connectivity index (χ2v) is 4.09. The molecule has 1 aliphatic heterocycles. The minimum Gasteiger partial charge on any atom is -0.496 e. The third-order valence-corrected chi connectivity index (χ3v) is 3.05. The van der Waals surface area contributed by atoms with Gasteiger partial charge in [-0.3, -0.25) is 0 Å². The van der Waals surface area contributed by atoms with Crippen molar-refractivity contribution in [1.29, 1.82) is 0 Å². The number of aryl methyl sites for hydroxylation is 1. The molecule has 2 heteroatoms. The van der Waals surface area contributed by atoms with Crippen molar-refractivity contribution in [3.05, 3.63) is 22.8 Å². The van der Waals surface area contributed by atoms with Crippen molar-refractivity contribution in [1.82, 2.24) is 0 Å². The number of ether oxygens (including phenoxy) is 1. The molecule has 0 bridgehead atoms. The monoisotopic (exact) mass is 191 g/mol. The van der Waals surface area contributed by atoms with Crippen molar-refractivity contribution in [3.63, 3.8) is 0 Å². The lowest BCUT2D eigenvalue weighted by molar-refractivity contribution is 0.408. The molecule has 76 valence electrons. The fourth-order valence-corrected chi connectivity index (χ4v) is 2.44. The second kappa shape index (κ2) is 3.19. The van der Waals surface area contributed by atoms with Crippen LogP contribution in [0.15, 0.2) is 6.07 Å². The van der Waals surface area contributed by atoms with Gasteiger partial charge in [0.2, 0.25) is 0 Å².